The third kappa shape index (κ3) is 4.37. The van der Waals surface area contributed by atoms with Crippen molar-refractivity contribution >= 4 is 22.8 Å². The molecule has 0 saturated carbocycles. The van der Waals surface area contributed by atoms with Crippen LogP contribution >= 0.6 is 0 Å². The Balaban J connectivity index is 0.000000298. The van der Waals surface area contributed by atoms with Crippen molar-refractivity contribution in [2.45, 2.75) is 19.1 Å². The van der Waals surface area contributed by atoms with Crippen LogP contribution in [0.1, 0.15) is 21.5 Å². The summed E-state index contributed by atoms with van der Waals surface area (Å²) in [6, 6.07) is 11.7. The van der Waals surface area contributed by atoms with Crippen LogP contribution in [0.25, 0.3) is 16.6 Å². The topological polar surface area (TPSA) is 110 Å². The van der Waals surface area contributed by atoms with Gasteiger partial charge in [0.25, 0.3) is 5.91 Å². The van der Waals surface area contributed by atoms with Crippen molar-refractivity contribution in [1.82, 2.24) is 15.1 Å². The van der Waals surface area contributed by atoms with Gasteiger partial charge in [0, 0.05) is 18.1 Å². The lowest BCUT2D eigenvalue weighted by Crippen LogP contribution is -2.24. The van der Waals surface area contributed by atoms with Gasteiger partial charge in [-0.25, -0.2) is 9.48 Å². The number of nitrogens with two attached hydrogens (primary N) is 1. The van der Waals surface area contributed by atoms with Crippen molar-refractivity contribution in [3.63, 3.8) is 0 Å². The zero-order valence-corrected chi connectivity index (χ0v) is 15.0. The van der Waals surface area contributed by atoms with Gasteiger partial charge in [0.05, 0.1) is 11.3 Å². The number of aliphatic carboxylic acids is 1. The van der Waals surface area contributed by atoms with Gasteiger partial charge in [-0.05, 0) is 36.2 Å². The number of alkyl halides is 3. The molecule has 0 bridgehead atoms. The Morgan fingerprint density at radius 1 is 1.17 bits per heavy atom. The molecular weight excluding hydrogens is 389 g/mol. The molecule has 7 nitrogen and oxygen atoms in total. The van der Waals surface area contributed by atoms with E-state index in [1.54, 1.807) is 6.07 Å². The van der Waals surface area contributed by atoms with E-state index in [1.807, 2.05) is 29.1 Å². The molecule has 0 atom stereocenters. The Bertz CT molecular complexity index is 1080. The van der Waals surface area contributed by atoms with E-state index in [0.717, 1.165) is 30.6 Å². The fourth-order valence-electron chi connectivity index (χ4n) is 3.09. The van der Waals surface area contributed by atoms with Gasteiger partial charge in [-0.15, -0.1) is 0 Å². The predicted octanol–water partition coefficient (Wildman–Crippen LogP) is 2.40. The van der Waals surface area contributed by atoms with Crippen molar-refractivity contribution in [3.8, 4) is 5.69 Å². The number of hydrogen-bond acceptors (Lipinski definition) is 4. The fraction of sp³-hybridized carbons (Fsp3) is 0.211. The molecular formula is C19H17F3N4O3. The molecule has 0 saturated heterocycles. The summed E-state index contributed by atoms with van der Waals surface area (Å²) in [6.45, 7) is 1.85. The molecule has 1 aliphatic heterocycles. The minimum atomic E-state index is -5.08. The number of carbonyl (C=O) groups excluding carboxylic acids is 1. The Morgan fingerprint density at radius 3 is 2.52 bits per heavy atom. The number of fused-ring (bicyclic) bond motifs is 2. The van der Waals surface area contributed by atoms with E-state index in [1.165, 1.54) is 11.1 Å². The number of primary amides is 1. The van der Waals surface area contributed by atoms with Crippen molar-refractivity contribution in [1.29, 1.82) is 0 Å². The Kier molecular flexibility index (Phi) is 5.55. The van der Waals surface area contributed by atoms with Gasteiger partial charge < -0.3 is 16.2 Å². The molecule has 0 radical (unpaired) electrons. The largest absolute Gasteiger partial charge is 0.490 e. The number of amides is 1. The van der Waals surface area contributed by atoms with Gasteiger partial charge >= 0.3 is 12.1 Å². The van der Waals surface area contributed by atoms with Crippen LogP contribution in [0.4, 0.5) is 13.2 Å². The summed E-state index contributed by atoms with van der Waals surface area (Å²) < 4.78 is 33.6. The Hall–Kier alpha value is -3.40. The summed E-state index contributed by atoms with van der Waals surface area (Å²) in [6.07, 6.45) is -2.15. The number of nitrogens with zero attached hydrogens (tertiary/aromatic N) is 2. The quantitative estimate of drug-likeness (QED) is 0.605. The number of benzene rings is 2. The first-order valence-corrected chi connectivity index (χ1v) is 8.58. The summed E-state index contributed by atoms with van der Waals surface area (Å²) in [5.41, 5.74) is 10.3. The van der Waals surface area contributed by atoms with E-state index in [0.29, 0.717) is 11.1 Å². The number of nitrogens with one attached hydrogen (secondary N) is 1. The van der Waals surface area contributed by atoms with Crippen LogP contribution in [-0.4, -0.2) is 39.5 Å². The second-order valence-corrected chi connectivity index (χ2v) is 6.33. The van der Waals surface area contributed by atoms with E-state index in [2.05, 4.69) is 22.5 Å². The standard InChI is InChI=1S/C17H16N4O.C2HF3O2/c18-17(22)14-5-1-4-12-10-21(20-16(12)14)15-6-2-3-11-9-19-8-7-13(11)15;3-2(4,5)1(6)7/h1-6,10,19H,7-9H2,(H2,18,22);(H,6,7). The maximum Gasteiger partial charge on any atom is 0.490 e. The lowest BCUT2D eigenvalue weighted by Gasteiger charge is -2.20. The smallest absolute Gasteiger partial charge is 0.475 e. The molecule has 2 aromatic carbocycles. The molecule has 0 aliphatic carbocycles. The van der Waals surface area contributed by atoms with Crippen LogP contribution in [0.2, 0.25) is 0 Å². The van der Waals surface area contributed by atoms with Gasteiger partial charge in [-0.2, -0.15) is 18.3 Å². The number of aromatic nitrogens is 2. The highest BCUT2D eigenvalue weighted by Crippen LogP contribution is 2.25. The summed E-state index contributed by atoms with van der Waals surface area (Å²) >= 11 is 0. The third-order valence-electron chi connectivity index (χ3n) is 4.41. The predicted molar refractivity (Wildman–Crippen MR) is 98.7 cm³/mol. The minimum absolute atomic E-state index is 0.449. The van der Waals surface area contributed by atoms with E-state index in [9.17, 15) is 18.0 Å². The molecule has 29 heavy (non-hydrogen) atoms. The Morgan fingerprint density at radius 2 is 1.86 bits per heavy atom. The maximum absolute atomic E-state index is 11.6. The average Bonchev–Trinajstić information content (AvgIpc) is 3.11. The van der Waals surface area contributed by atoms with E-state index in [-0.39, 0.29) is 0 Å². The van der Waals surface area contributed by atoms with Gasteiger partial charge in [0.1, 0.15) is 5.52 Å². The minimum Gasteiger partial charge on any atom is -0.475 e. The first-order chi connectivity index (χ1) is 13.7. The SMILES string of the molecule is NC(=O)c1cccc2cn(-c3cccc4c3CCNC4)nc12.O=C(O)C(F)(F)F. The molecule has 4 N–H and O–H groups in total. The summed E-state index contributed by atoms with van der Waals surface area (Å²) in [5.74, 6) is -3.21. The zero-order chi connectivity index (χ0) is 21.2. The molecule has 1 aromatic heterocycles. The normalized spacial score (nSPS) is 13.3. The average molecular weight is 406 g/mol. The molecule has 4 rings (SSSR count). The van der Waals surface area contributed by atoms with Crippen LogP contribution in [-0.2, 0) is 17.8 Å². The van der Waals surface area contributed by atoms with Gasteiger partial charge in [0.2, 0.25) is 0 Å². The van der Waals surface area contributed by atoms with Crippen molar-refractivity contribution in [3.05, 3.63) is 59.3 Å². The molecule has 152 valence electrons. The van der Waals surface area contributed by atoms with Crippen LogP contribution in [0.5, 0.6) is 0 Å². The molecule has 10 heteroatoms. The summed E-state index contributed by atoms with van der Waals surface area (Å²) in [4.78, 5) is 20.5. The van der Waals surface area contributed by atoms with Crippen LogP contribution in [0.3, 0.4) is 0 Å². The molecule has 0 spiro atoms. The number of carboxylic acid groups (broad SMARTS) is 1. The third-order valence-corrected chi connectivity index (χ3v) is 4.41. The van der Waals surface area contributed by atoms with Crippen molar-refractivity contribution in [2.24, 2.45) is 5.73 Å². The fourth-order valence-corrected chi connectivity index (χ4v) is 3.09. The molecule has 1 amide bonds. The van der Waals surface area contributed by atoms with Crippen LogP contribution in [0, 0.1) is 0 Å². The molecule has 1 aliphatic rings. The van der Waals surface area contributed by atoms with Gasteiger partial charge in [0.15, 0.2) is 0 Å². The van der Waals surface area contributed by atoms with Gasteiger partial charge in [-0.3, -0.25) is 4.79 Å². The highest BCUT2D eigenvalue weighted by atomic mass is 19.4. The van der Waals surface area contributed by atoms with Crippen molar-refractivity contribution < 1.29 is 27.9 Å². The molecule has 0 unspecified atom stereocenters. The number of hydrogen-bond donors (Lipinski definition) is 3. The second-order valence-electron chi connectivity index (χ2n) is 6.33. The first kappa shape index (κ1) is 20.3. The highest BCUT2D eigenvalue weighted by Gasteiger charge is 2.38. The zero-order valence-electron chi connectivity index (χ0n) is 15.0. The van der Waals surface area contributed by atoms with Crippen LogP contribution < -0.4 is 11.1 Å². The van der Waals surface area contributed by atoms with E-state index >= 15 is 0 Å². The summed E-state index contributed by atoms with van der Waals surface area (Å²) in [5, 5.41) is 16.0. The monoisotopic (exact) mass is 406 g/mol. The lowest BCUT2D eigenvalue weighted by atomic mass is 9.99. The molecule has 3 aromatic rings. The van der Waals surface area contributed by atoms with Crippen LogP contribution in [0.15, 0.2) is 42.6 Å². The lowest BCUT2D eigenvalue weighted by molar-refractivity contribution is -0.192. The van der Waals surface area contributed by atoms with Crippen molar-refractivity contribution in [2.75, 3.05) is 6.54 Å². The first-order valence-electron chi connectivity index (χ1n) is 8.58. The molecule has 0 fully saturated rings. The van der Waals surface area contributed by atoms with E-state index < -0.39 is 18.1 Å². The second kappa shape index (κ2) is 7.92. The highest BCUT2D eigenvalue weighted by molar-refractivity contribution is 6.04. The van der Waals surface area contributed by atoms with E-state index in [4.69, 9.17) is 15.6 Å². The van der Waals surface area contributed by atoms with Gasteiger partial charge in [-0.1, -0.05) is 24.3 Å². The Labute approximate surface area is 162 Å². The molecule has 2 heterocycles. The maximum atomic E-state index is 11.6. The summed E-state index contributed by atoms with van der Waals surface area (Å²) in [7, 11) is 0. The number of halogens is 3. The number of carboxylic acids is 1. The number of carbonyl (C=O) groups is 2. The number of rotatable bonds is 2.